The van der Waals surface area contributed by atoms with Crippen molar-refractivity contribution in [2.75, 3.05) is 19.6 Å². The molecule has 0 aromatic heterocycles. The highest BCUT2D eigenvalue weighted by molar-refractivity contribution is 5.79. The van der Waals surface area contributed by atoms with Gasteiger partial charge >= 0.3 is 5.97 Å². The van der Waals surface area contributed by atoms with Crippen molar-refractivity contribution >= 4 is 11.9 Å². The van der Waals surface area contributed by atoms with E-state index in [9.17, 15) is 9.59 Å². The van der Waals surface area contributed by atoms with Gasteiger partial charge in [-0.3, -0.25) is 14.9 Å². The number of rotatable bonds is 7. The maximum absolute atomic E-state index is 11.1. The van der Waals surface area contributed by atoms with Crippen LogP contribution in [0.25, 0.3) is 0 Å². The largest absolute Gasteiger partial charge is 0.481 e. The smallest absolute Gasteiger partial charge is 0.308 e. The van der Waals surface area contributed by atoms with E-state index in [0.29, 0.717) is 13.0 Å². The first-order chi connectivity index (χ1) is 7.11. The normalized spacial score (nSPS) is 11.5. The second-order valence-electron chi connectivity index (χ2n) is 3.06. The first kappa shape index (κ1) is 13.5. The maximum atomic E-state index is 11.1. The minimum atomic E-state index is -0.894. The highest BCUT2D eigenvalue weighted by atomic mass is 16.4. The SMILES string of the molecule is C#CCNCC(=O)NCC(CC)C(=O)O. The van der Waals surface area contributed by atoms with Gasteiger partial charge < -0.3 is 10.4 Å². The van der Waals surface area contributed by atoms with Gasteiger partial charge in [-0.15, -0.1) is 6.42 Å². The molecule has 0 radical (unpaired) electrons. The number of terminal acetylenes is 1. The zero-order valence-electron chi connectivity index (χ0n) is 8.75. The molecular formula is C10H16N2O3. The molecule has 1 unspecified atom stereocenters. The predicted molar refractivity (Wildman–Crippen MR) is 56.1 cm³/mol. The lowest BCUT2D eigenvalue weighted by Crippen LogP contribution is -2.38. The van der Waals surface area contributed by atoms with Crippen LogP contribution in [-0.4, -0.2) is 36.6 Å². The summed E-state index contributed by atoms with van der Waals surface area (Å²) in [6.45, 7) is 2.35. The summed E-state index contributed by atoms with van der Waals surface area (Å²) in [5.41, 5.74) is 0. The van der Waals surface area contributed by atoms with Crippen LogP contribution < -0.4 is 10.6 Å². The Morgan fingerprint density at radius 1 is 1.53 bits per heavy atom. The van der Waals surface area contributed by atoms with Crippen molar-refractivity contribution < 1.29 is 14.7 Å². The fourth-order valence-electron chi connectivity index (χ4n) is 0.954. The lowest BCUT2D eigenvalue weighted by atomic mass is 10.1. The van der Waals surface area contributed by atoms with Crippen molar-refractivity contribution in [1.29, 1.82) is 0 Å². The van der Waals surface area contributed by atoms with E-state index >= 15 is 0 Å². The third-order valence-corrected chi connectivity index (χ3v) is 1.90. The Kier molecular flexibility index (Phi) is 7.02. The van der Waals surface area contributed by atoms with Crippen LogP contribution in [0.2, 0.25) is 0 Å². The number of aliphatic carboxylic acids is 1. The first-order valence-corrected chi connectivity index (χ1v) is 4.75. The van der Waals surface area contributed by atoms with E-state index in [1.165, 1.54) is 0 Å². The first-order valence-electron chi connectivity index (χ1n) is 4.75. The summed E-state index contributed by atoms with van der Waals surface area (Å²) in [7, 11) is 0. The van der Waals surface area contributed by atoms with Crippen LogP contribution in [0.5, 0.6) is 0 Å². The molecule has 0 spiro atoms. The average Bonchev–Trinajstić information content (AvgIpc) is 2.18. The lowest BCUT2D eigenvalue weighted by Gasteiger charge is -2.10. The molecule has 0 bridgehead atoms. The molecule has 84 valence electrons. The molecule has 5 nitrogen and oxygen atoms in total. The van der Waals surface area contributed by atoms with Crippen molar-refractivity contribution in [2.24, 2.45) is 5.92 Å². The van der Waals surface area contributed by atoms with Crippen LogP contribution in [0, 0.1) is 18.3 Å². The quantitative estimate of drug-likeness (QED) is 0.390. The third kappa shape index (κ3) is 6.52. The van der Waals surface area contributed by atoms with Crippen molar-refractivity contribution in [1.82, 2.24) is 10.6 Å². The highest BCUT2D eigenvalue weighted by Gasteiger charge is 2.15. The van der Waals surface area contributed by atoms with Crippen molar-refractivity contribution in [3.8, 4) is 12.3 Å². The van der Waals surface area contributed by atoms with Crippen LogP contribution in [0.3, 0.4) is 0 Å². The number of amides is 1. The Balaban J connectivity index is 3.70. The summed E-state index contributed by atoms with van der Waals surface area (Å²) < 4.78 is 0. The van der Waals surface area contributed by atoms with Crippen LogP contribution in [0.15, 0.2) is 0 Å². The summed E-state index contributed by atoms with van der Waals surface area (Å²) in [5.74, 6) is 0.666. The molecular weight excluding hydrogens is 196 g/mol. The van der Waals surface area contributed by atoms with Gasteiger partial charge in [-0.25, -0.2) is 0 Å². The molecule has 0 heterocycles. The van der Waals surface area contributed by atoms with Crippen molar-refractivity contribution in [3.05, 3.63) is 0 Å². The summed E-state index contributed by atoms with van der Waals surface area (Å²) in [6, 6.07) is 0. The molecule has 0 aromatic carbocycles. The van der Waals surface area contributed by atoms with Crippen LogP contribution in [0.1, 0.15) is 13.3 Å². The number of carboxylic acids is 1. The standard InChI is InChI=1S/C10H16N2O3/c1-3-5-11-7-9(13)12-6-8(4-2)10(14)15/h1,8,11H,4-7H2,2H3,(H,12,13)(H,14,15). The topological polar surface area (TPSA) is 78.4 Å². The van der Waals surface area contributed by atoms with Gasteiger partial charge in [0.2, 0.25) is 5.91 Å². The maximum Gasteiger partial charge on any atom is 0.308 e. The molecule has 1 atom stereocenters. The average molecular weight is 212 g/mol. The molecule has 15 heavy (non-hydrogen) atoms. The summed E-state index contributed by atoms with van der Waals surface area (Å²) >= 11 is 0. The van der Waals surface area contributed by atoms with E-state index in [-0.39, 0.29) is 19.0 Å². The number of carbonyl (C=O) groups excluding carboxylic acids is 1. The van der Waals surface area contributed by atoms with Crippen molar-refractivity contribution in [3.63, 3.8) is 0 Å². The minimum absolute atomic E-state index is 0.111. The summed E-state index contributed by atoms with van der Waals surface area (Å²) in [6.07, 6.45) is 5.47. The fraction of sp³-hybridized carbons (Fsp3) is 0.600. The van der Waals surface area contributed by atoms with E-state index in [1.54, 1.807) is 6.92 Å². The molecule has 0 aliphatic carbocycles. The summed E-state index contributed by atoms with van der Waals surface area (Å²) in [4.78, 5) is 21.7. The Hall–Kier alpha value is -1.54. The number of hydrogen-bond acceptors (Lipinski definition) is 3. The Morgan fingerprint density at radius 3 is 2.67 bits per heavy atom. The van der Waals surface area contributed by atoms with E-state index < -0.39 is 11.9 Å². The zero-order chi connectivity index (χ0) is 11.7. The monoisotopic (exact) mass is 212 g/mol. The molecule has 0 fully saturated rings. The molecule has 0 aromatic rings. The van der Waals surface area contributed by atoms with Crippen LogP contribution in [0.4, 0.5) is 0 Å². The van der Waals surface area contributed by atoms with Gasteiger partial charge in [0, 0.05) is 6.54 Å². The second kappa shape index (κ2) is 7.83. The van der Waals surface area contributed by atoms with Crippen molar-refractivity contribution in [2.45, 2.75) is 13.3 Å². The molecule has 5 heteroatoms. The second-order valence-corrected chi connectivity index (χ2v) is 3.06. The number of carbonyl (C=O) groups is 2. The van der Waals surface area contributed by atoms with Gasteiger partial charge in [0.15, 0.2) is 0 Å². The molecule has 3 N–H and O–H groups in total. The van der Waals surface area contributed by atoms with Gasteiger partial charge in [0.1, 0.15) is 0 Å². The van der Waals surface area contributed by atoms with E-state index in [4.69, 9.17) is 11.5 Å². The predicted octanol–water partition coefficient (Wildman–Crippen LogP) is -0.564. The molecule has 0 aliphatic heterocycles. The Labute approximate surface area is 89.2 Å². The highest BCUT2D eigenvalue weighted by Crippen LogP contribution is 1.99. The fourth-order valence-corrected chi connectivity index (χ4v) is 0.954. The summed E-state index contributed by atoms with van der Waals surface area (Å²) in [5, 5.41) is 13.9. The van der Waals surface area contributed by atoms with E-state index in [2.05, 4.69) is 16.6 Å². The van der Waals surface area contributed by atoms with E-state index in [1.807, 2.05) is 0 Å². The zero-order valence-corrected chi connectivity index (χ0v) is 8.75. The van der Waals surface area contributed by atoms with Gasteiger partial charge in [-0.1, -0.05) is 12.8 Å². The van der Waals surface area contributed by atoms with Gasteiger partial charge in [-0.2, -0.15) is 0 Å². The molecule has 0 saturated carbocycles. The number of carboxylic acid groups (broad SMARTS) is 1. The van der Waals surface area contributed by atoms with Crippen LogP contribution in [-0.2, 0) is 9.59 Å². The van der Waals surface area contributed by atoms with Gasteiger partial charge in [0.05, 0.1) is 19.0 Å². The van der Waals surface area contributed by atoms with E-state index in [0.717, 1.165) is 0 Å². The van der Waals surface area contributed by atoms with Gasteiger partial charge in [0.25, 0.3) is 0 Å². The Morgan fingerprint density at radius 2 is 2.20 bits per heavy atom. The number of nitrogens with one attached hydrogen (secondary N) is 2. The lowest BCUT2D eigenvalue weighted by molar-refractivity contribution is -0.141. The third-order valence-electron chi connectivity index (χ3n) is 1.90. The molecule has 0 aliphatic rings. The van der Waals surface area contributed by atoms with Crippen LogP contribution >= 0.6 is 0 Å². The molecule has 1 amide bonds. The van der Waals surface area contributed by atoms with Gasteiger partial charge in [-0.05, 0) is 6.42 Å². The molecule has 0 saturated heterocycles. The molecule has 0 rings (SSSR count). The Bertz CT molecular complexity index is 258. The number of hydrogen-bond donors (Lipinski definition) is 3. The minimum Gasteiger partial charge on any atom is -0.481 e.